The number of carbonyl (C=O) groups is 2. The predicted octanol–water partition coefficient (Wildman–Crippen LogP) is 3.08. The maximum atomic E-state index is 13.0. The van der Waals surface area contributed by atoms with E-state index in [1.165, 1.54) is 4.90 Å². The first kappa shape index (κ1) is 19.4. The summed E-state index contributed by atoms with van der Waals surface area (Å²) in [6.45, 7) is 2.05. The van der Waals surface area contributed by atoms with Crippen molar-refractivity contribution in [3.63, 3.8) is 0 Å². The van der Waals surface area contributed by atoms with E-state index in [1.54, 1.807) is 25.1 Å². The smallest absolute Gasteiger partial charge is 0.404 e. The third-order valence-electron chi connectivity index (χ3n) is 4.44. The van der Waals surface area contributed by atoms with Gasteiger partial charge in [-0.2, -0.15) is 0 Å². The van der Waals surface area contributed by atoms with Crippen LogP contribution < -0.4 is 5.32 Å². The molecule has 142 valence electrons. The zero-order valence-electron chi connectivity index (χ0n) is 14.4. The second-order valence-electron chi connectivity index (χ2n) is 6.11. The summed E-state index contributed by atoms with van der Waals surface area (Å²) in [5.41, 5.74) is 3.22. The van der Waals surface area contributed by atoms with Crippen molar-refractivity contribution in [1.82, 2.24) is 15.2 Å². The van der Waals surface area contributed by atoms with Gasteiger partial charge in [-0.3, -0.25) is 9.78 Å². The number of aromatic nitrogens is 1. The average Bonchev–Trinajstić information content (AvgIpc) is 2.89. The Labute approximate surface area is 165 Å². The number of benzene rings is 1. The van der Waals surface area contributed by atoms with Crippen LogP contribution in [0, 0.1) is 6.92 Å². The molecule has 0 fully saturated rings. The van der Waals surface area contributed by atoms with E-state index in [9.17, 15) is 14.7 Å². The summed E-state index contributed by atoms with van der Waals surface area (Å²) in [7, 11) is 0. The Morgan fingerprint density at radius 2 is 2.07 bits per heavy atom. The summed E-state index contributed by atoms with van der Waals surface area (Å²) in [5, 5.41) is 21.6. The van der Waals surface area contributed by atoms with Crippen LogP contribution in [0.2, 0.25) is 10.0 Å². The molecule has 27 heavy (non-hydrogen) atoms. The number of nitrogens with zero attached hydrogens (tertiary/aromatic N) is 2. The lowest BCUT2D eigenvalue weighted by molar-refractivity contribution is 0.0778. The number of hydrogen-bond acceptors (Lipinski definition) is 4. The minimum Gasteiger partial charge on any atom is -0.465 e. The van der Waals surface area contributed by atoms with Crippen molar-refractivity contribution in [1.29, 1.82) is 0 Å². The van der Waals surface area contributed by atoms with Gasteiger partial charge in [0.2, 0.25) is 0 Å². The van der Waals surface area contributed by atoms with E-state index in [2.05, 4.69) is 10.3 Å². The minimum atomic E-state index is -1.15. The summed E-state index contributed by atoms with van der Waals surface area (Å²) in [5.74, 6) is -0.277. The van der Waals surface area contributed by atoms with Gasteiger partial charge in [0.15, 0.2) is 0 Å². The first-order valence-corrected chi connectivity index (χ1v) is 8.93. The molecule has 2 heterocycles. The molecule has 3 N–H and O–H groups in total. The third kappa shape index (κ3) is 3.71. The highest BCUT2D eigenvalue weighted by molar-refractivity contribution is 6.36. The Hall–Kier alpha value is -2.35. The van der Waals surface area contributed by atoms with Crippen LogP contribution in [0.25, 0.3) is 11.1 Å². The molecule has 0 bridgehead atoms. The number of pyridine rings is 1. The maximum absolute atomic E-state index is 13.0. The van der Waals surface area contributed by atoms with E-state index >= 15 is 0 Å². The fourth-order valence-electron chi connectivity index (χ4n) is 3.22. The largest absolute Gasteiger partial charge is 0.465 e. The van der Waals surface area contributed by atoms with Crippen LogP contribution in [-0.4, -0.2) is 45.2 Å². The SMILES string of the molecule is Cc1nc2c(c(-c3ccc(Cl)cc3Cl)c1CO)C(=O)N(CCNC(=O)O)C2. The van der Waals surface area contributed by atoms with Crippen LogP contribution in [0.15, 0.2) is 18.2 Å². The Bertz CT molecular complexity index is 933. The molecule has 3 rings (SSSR count). The fourth-order valence-corrected chi connectivity index (χ4v) is 3.72. The number of nitrogens with one attached hydrogen (secondary N) is 1. The van der Waals surface area contributed by atoms with Crippen molar-refractivity contribution in [3.8, 4) is 11.1 Å². The molecule has 7 nitrogen and oxygen atoms in total. The van der Waals surface area contributed by atoms with Crippen LogP contribution in [0.1, 0.15) is 27.3 Å². The molecule has 0 atom stereocenters. The summed E-state index contributed by atoms with van der Waals surface area (Å²) >= 11 is 12.3. The van der Waals surface area contributed by atoms with Gasteiger partial charge in [0.1, 0.15) is 0 Å². The van der Waals surface area contributed by atoms with E-state index in [0.29, 0.717) is 43.7 Å². The molecule has 0 aliphatic carbocycles. The molecule has 0 spiro atoms. The number of halogens is 2. The molecule has 0 saturated heterocycles. The average molecular weight is 410 g/mol. The first-order chi connectivity index (χ1) is 12.8. The molecule has 1 aromatic carbocycles. The molecule has 2 amide bonds. The number of carboxylic acid groups (broad SMARTS) is 1. The van der Waals surface area contributed by atoms with Crippen LogP contribution in [0.4, 0.5) is 4.79 Å². The van der Waals surface area contributed by atoms with Crippen LogP contribution >= 0.6 is 23.2 Å². The Kier molecular flexibility index (Phi) is 5.55. The van der Waals surface area contributed by atoms with E-state index in [-0.39, 0.29) is 32.1 Å². The molecule has 9 heteroatoms. The number of aliphatic hydroxyl groups is 1. The van der Waals surface area contributed by atoms with E-state index in [0.717, 1.165) is 0 Å². The van der Waals surface area contributed by atoms with Crippen LogP contribution in [0.3, 0.4) is 0 Å². The Balaban J connectivity index is 2.08. The van der Waals surface area contributed by atoms with Crippen LogP contribution in [0.5, 0.6) is 0 Å². The van der Waals surface area contributed by atoms with Gasteiger partial charge in [-0.25, -0.2) is 4.79 Å². The van der Waals surface area contributed by atoms with E-state index in [4.69, 9.17) is 28.3 Å². The number of carbonyl (C=O) groups excluding carboxylic acids is 1. The van der Waals surface area contributed by atoms with Gasteiger partial charge < -0.3 is 20.4 Å². The molecular weight excluding hydrogens is 393 g/mol. The molecule has 0 saturated carbocycles. The van der Waals surface area contributed by atoms with Gasteiger partial charge >= 0.3 is 6.09 Å². The summed E-state index contributed by atoms with van der Waals surface area (Å²) in [6.07, 6.45) is -1.15. The molecule has 0 radical (unpaired) electrons. The lowest BCUT2D eigenvalue weighted by atomic mass is 9.93. The van der Waals surface area contributed by atoms with E-state index < -0.39 is 6.09 Å². The van der Waals surface area contributed by atoms with Crippen LogP contribution in [-0.2, 0) is 13.2 Å². The topological polar surface area (TPSA) is 103 Å². The normalized spacial score (nSPS) is 13.0. The van der Waals surface area contributed by atoms with Crippen molar-refractivity contribution in [2.75, 3.05) is 13.1 Å². The summed E-state index contributed by atoms with van der Waals surface area (Å²) in [6, 6.07) is 4.95. The zero-order valence-corrected chi connectivity index (χ0v) is 15.9. The lowest BCUT2D eigenvalue weighted by Gasteiger charge is -2.17. The Morgan fingerprint density at radius 1 is 1.33 bits per heavy atom. The highest BCUT2D eigenvalue weighted by atomic mass is 35.5. The number of aryl methyl sites for hydroxylation is 1. The van der Waals surface area contributed by atoms with Gasteiger partial charge in [-0.15, -0.1) is 0 Å². The molecular formula is C18H17Cl2N3O4. The summed E-state index contributed by atoms with van der Waals surface area (Å²) in [4.78, 5) is 29.6. The highest BCUT2D eigenvalue weighted by Gasteiger charge is 2.34. The molecule has 1 aromatic heterocycles. The number of hydrogen-bond donors (Lipinski definition) is 3. The standard InChI is InChI=1S/C18H17Cl2N3O4/c1-9-12(8-24)15(11-3-2-10(19)6-13(11)20)16-14(22-9)7-23(17(16)25)5-4-21-18(26)27/h2-3,6,21,24H,4-5,7-8H2,1H3,(H,26,27). The van der Waals surface area contributed by atoms with Gasteiger partial charge in [-0.05, 0) is 19.1 Å². The van der Waals surface area contributed by atoms with Crippen molar-refractivity contribution in [2.24, 2.45) is 0 Å². The predicted molar refractivity (Wildman–Crippen MR) is 101 cm³/mol. The Morgan fingerprint density at radius 3 is 2.70 bits per heavy atom. The molecule has 2 aromatic rings. The fraction of sp³-hybridized carbons (Fsp3) is 0.278. The van der Waals surface area contributed by atoms with E-state index in [1.807, 2.05) is 0 Å². The van der Waals surface area contributed by atoms with Crippen molar-refractivity contribution in [2.45, 2.75) is 20.1 Å². The molecule has 1 aliphatic heterocycles. The van der Waals surface area contributed by atoms with Crippen molar-refractivity contribution >= 4 is 35.2 Å². The minimum absolute atomic E-state index is 0.109. The first-order valence-electron chi connectivity index (χ1n) is 8.18. The quantitative estimate of drug-likeness (QED) is 0.703. The second-order valence-corrected chi connectivity index (χ2v) is 6.96. The number of fused-ring (bicyclic) bond motifs is 1. The number of rotatable bonds is 5. The zero-order chi connectivity index (χ0) is 19.7. The van der Waals surface area contributed by atoms with Gasteiger partial charge in [-0.1, -0.05) is 29.3 Å². The second kappa shape index (κ2) is 7.72. The monoisotopic (exact) mass is 409 g/mol. The van der Waals surface area contributed by atoms with Crippen molar-refractivity contribution < 1.29 is 19.8 Å². The van der Waals surface area contributed by atoms with Crippen molar-refractivity contribution in [3.05, 3.63) is 50.8 Å². The lowest BCUT2D eigenvalue weighted by Crippen LogP contribution is -2.34. The summed E-state index contributed by atoms with van der Waals surface area (Å²) < 4.78 is 0. The molecule has 1 aliphatic rings. The highest BCUT2D eigenvalue weighted by Crippen LogP contribution is 2.39. The number of aliphatic hydroxyl groups excluding tert-OH is 1. The maximum Gasteiger partial charge on any atom is 0.404 e. The van der Waals surface area contributed by atoms with Gasteiger partial charge in [0.05, 0.1) is 24.4 Å². The number of amides is 2. The van der Waals surface area contributed by atoms with Gasteiger partial charge in [0, 0.05) is 45.5 Å². The third-order valence-corrected chi connectivity index (χ3v) is 4.99. The van der Waals surface area contributed by atoms with Gasteiger partial charge in [0.25, 0.3) is 5.91 Å². The molecule has 0 unspecified atom stereocenters.